The van der Waals surface area contributed by atoms with E-state index >= 15 is 0 Å². The average Bonchev–Trinajstić information content (AvgIpc) is 2.83. The quantitative estimate of drug-likeness (QED) is 0.862. The van der Waals surface area contributed by atoms with Gasteiger partial charge in [-0.15, -0.1) is 0 Å². The van der Waals surface area contributed by atoms with Crippen LogP contribution in [-0.2, 0) is 17.9 Å². The van der Waals surface area contributed by atoms with Gasteiger partial charge in [-0.05, 0) is 33.0 Å². The third-order valence-electron chi connectivity index (χ3n) is 3.59. The molecule has 0 aliphatic carbocycles. The number of rotatable bonds is 6. The van der Waals surface area contributed by atoms with E-state index in [4.69, 9.17) is 23.2 Å². The minimum absolute atomic E-state index is 0.164. The fraction of sp³-hybridized carbons (Fsp3) is 0.375. The smallest absolute Gasteiger partial charge is 0.238 e. The van der Waals surface area contributed by atoms with Crippen molar-refractivity contribution in [3.05, 3.63) is 45.7 Å². The molecule has 0 radical (unpaired) electrons. The summed E-state index contributed by atoms with van der Waals surface area (Å²) in [5.41, 5.74) is 2.68. The molecule has 23 heavy (non-hydrogen) atoms. The Morgan fingerprint density at radius 1 is 1.35 bits per heavy atom. The topological polar surface area (TPSA) is 50.2 Å². The standard InChI is InChI=1S/C16H20Cl2N4O/c1-4-22-11(2)12(8-19-22)9-21(3)10-15(23)20-16-13(17)6-5-7-14(16)18/h5-8H,4,9-10H2,1-3H3,(H,20,23). The number of likely N-dealkylation sites (N-methyl/N-ethyl adjacent to an activating group) is 1. The fourth-order valence-corrected chi connectivity index (χ4v) is 2.84. The molecule has 0 saturated carbocycles. The Bertz CT molecular complexity index is 679. The number of halogens is 2. The van der Waals surface area contributed by atoms with Crippen LogP contribution in [-0.4, -0.2) is 34.2 Å². The molecule has 1 aromatic heterocycles. The van der Waals surface area contributed by atoms with E-state index in [9.17, 15) is 4.79 Å². The summed E-state index contributed by atoms with van der Waals surface area (Å²) in [4.78, 5) is 14.1. The number of nitrogens with zero attached hydrogens (tertiary/aromatic N) is 3. The van der Waals surface area contributed by atoms with E-state index < -0.39 is 0 Å². The summed E-state index contributed by atoms with van der Waals surface area (Å²) in [5, 5.41) is 7.92. The predicted molar refractivity (Wildman–Crippen MR) is 94.1 cm³/mol. The van der Waals surface area contributed by atoms with Crippen LogP contribution in [0.25, 0.3) is 0 Å². The van der Waals surface area contributed by atoms with Crippen LogP contribution in [0.1, 0.15) is 18.2 Å². The van der Waals surface area contributed by atoms with Crippen molar-refractivity contribution in [3.8, 4) is 0 Å². The summed E-state index contributed by atoms with van der Waals surface area (Å²) in [6.07, 6.45) is 1.85. The molecule has 124 valence electrons. The Labute approximate surface area is 146 Å². The van der Waals surface area contributed by atoms with E-state index in [0.717, 1.165) is 17.8 Å². The van der Waals surface area contributed by atoms with Crippen LogP contribution in [0.4, 0.5) is 5.69 Å². The van der Waals surface area contributed by atoms with E-state index in [-0.39, 0.29) is 12.5 Å². The normalized spacial score (nSPS) is 11.0. The Balaban J connectivity index is 1.96. The van der Waals surface area contributed by atoms with Crippen molar-refractivity contribution < 1.29 is 4.79 Å². The van der Waals surface area contributed by atoms with Crippen molar-refractivity contribution in [2.45, 2.75) is 26.9 Å². The largest absolute Gasteiger partial charge is 0.322 e. The van der Waals surface area contributed by atoms with Gasteiger partial charge in [-0.25, -0.2) is 0 Å². The van der Waals surface area contributed by atoms with Crippen LogP contribution in [0.2, 0.25) is 10.0 Å². The molecule has 1 aromatic carbocycles. The van der Waals surface area contributed by atoms with E-state index in [1.807, 2.05) is 36.7 Å². The molecule has 7 heteroatoms. The maximum absolute atomic E-state index is 12.2. The van der Waals surface area contributed by atoms with Gasteiger partial charge in [-0.2, -0.15) is 5.10 Å². The second-order valence-corrected chi connectivity index (χ2v) is 6.20. The van der Waals surface area contributed by atoms with Crippen LogP contribution in [0, 0.1) is 6.92 Å². The molecule has 1 heterocycles. The van der Waals surface area contributed by atoms with Crippen molar-refractivity contribution in [1.82, 2.24) is 14.7 Å². The zero-order chi connectivity index (χ0) is 17.0. The number of nitrogens with one attached hydrogen (secondary N) is 1. The monoisotopic (exact) mass is 354 g/mol. The van der Waals surface area contributed by atoms with Crippen LogP contribution in [0.15, 0.2) is 24.4 Å². The number of aromatic nitrogens is 2. The average molecular weight is 355 g/mol. The van der Waals surface area contributed by atoms with Crippen molar-refractivity contribution >= 4 is 34.8 Å². The molecule has 0 spiro atoms. The first-order chi connectivity index (χ1) is 10.9. The summed E-state index contributed by atoms with van der Waals surface area (Å²) in [6.45, 7) is 5.80. The Hall–Kier alpha value is -1.56. The highest BCUT2D eigenvalue weighted by Crippen LogP contribution is 2.29. The molecule has 0 fully saturated rings. The molecular weight excluding hydrogens is 335 g/mol. The molecule has 1 N–H and O–H groups in total. The lowest BCUT2D eigenvalue weighted by Gasteiger charge is -2.17. The zero-order valence-electron chi connectivity index (χ0n) is 13.4. The number of carbonyl (C=O) groups excluding carboxylic acids is 1. The molecule has 0 atom stereocenters. The maximum atomic E-state index is 12.2. The third kappa shape index (κ3) is 4.47. The van der Waals surface area contributed by atoms with Crippen molar-refractivity contribution in [1.29, 1.82) is 0 Å². The SMILES string of the molecule is CCn1ncc(CN(C)CC(=O)Nc2c(Cl)cccc2Cl)c1C. The van der Waals surface area contributed by atoms with E-state index in [2.05, 4.69) is 10.4 Å². The van der Waals surface area contributed by atoms with Gasteiger partial charge in [0.25, 0.3) is 0 Å². The Kier molecular flexibility index (Phi) is 6.04. The summed E-state index contributed by atoms with van der Waals surface area (Å²) < 4.78 is 1.94. The highest BCUT2D eigenvalue weighted by atomic mass is 35.5. The Morgan fingerprint density at radius 3 is 2.57 bits per heavy atom. The number of anilines is 1. The number of amides is 1. The van der Waals surface area contributed by atoms with Crippen LogP contribution < -0.4 is 5.32 Å². The number of benzene rings is 1. The van der Waals surface area contributed by atoms with Gasteiger partial charge in [0.05, 0.1) is 28.5 Å². The number of para-hydroxylation sites is 1. The molecule has 0 bridgehead atoms. The lowest BCUT2D eigenvalue weighted by atomic mass is 10.2. The van der Waals surface area contributed by atoms with Gasteiger partial charge < -0.3 is 5.32 Å². The first kappa shape index (κ1) is 17.8. The number of hydrogen-bond donors (Lipinski definition) is 1. The van der Waals surface area contributed by atoms with E-state index in [0.29, 0.717) is 22.3 Å². The molecule has 5 nitrogen and oxygen atoms in total. The fourth-order valence-electron chi connectivity index (χ4n) is 2.35. The number of hydrogen-bond acceptors (Lipinski definition) is 3. The Morgan fingerprint density at radius 2 is 2.00 bits per heavy atom. The molecule has 0 saturated heterocycles. The number of carbonyl (C=O) groups is 1. The second kappa shape index (κ2) is 7.81. The maximum Gasteiger partial charge on any atom is 0.238 e. The molecule has 0 unspecified atom stereocenters. The van der Waals surface area contributed by atoms with Crippen molar-refractivity contribution in [2.24, 2.45) is 0 Å². The minimum atomic E-state index is -0.164. The van der Waals surface area contributed by atoms with Crippen molar-refractivity contribution in [2.75, 3.05) is 18.9 Å². The van der Waals surface area contributed by atoms with Crippen LogP contribution in [0.5, 0.6) is 0 Å². The van der Waals surface area contributed by atoms with E-state index in [1.54, 1.807) is 18.2 Å². The van der Waals surface area contributed by atoms with Gasteiger partial charge in [-0.3, -0.25) is 14.4 Å². The predicted octanol–water partition coefficient (Wildman–Crippen LogP) is 3.59. The van der Waals surface area contributed by atoms with Gasteiger partial charge in [0, 0.05) is 24.3 Å². The lowest BCUT2D eigenvalue weighted by molar-refractivity contribution is -0.117. The van der Waals surface area contributed by atoms with Crippen LogP contribution >= 0.6 is 23.2 Å². The molecule has 2 rings (SSSR count). The summed E-state index contributed by atoms with van der Waals surface area (Å²) in [5.74, 6) is -0.164. The van der Waals surface area contributed by atoms with Crippen LogP contribution in [0.3, 0.4) is 0 Å². The van der Waals surface area contributed by atoms with E-state index in [1.165, 1.54) is 0 Å². The lowest BCUT2D eigenvalue weighted by Crippen LogP contribution is -2.30. The summed E-state index contributed by atoms with van der Waals surface area (Å²) >= 11 is 12.1. The first-order valence-corrected chi connectivity index (χ1v) is 8.11. The molecule has 1 amide bonds. The van der Waals surface area contributed by atoms with Gasteiger partial charge in [0.15, 0.2) is 0 Å². The third-order valence-corrected chi connectivity index (χ3v) is 4.22. The van der Waals surface area contributed by atoms with Gasteiger partial charge in [0.1, 0.15) is 0 Å². The molecule has 0 aliphatic rings. The molecular formula is C16H20Cl2N4O. The summed E-state index contributed by atoms with van der Waals surface area (Å²) in [6, 6.07) is 5.12. The van der Waals surface area contributed by atoms with Crippen molar-refractivity contribution in [3.63, 3.8) is 0 Å². The summed E-state index contributed by atoms with van der Waals surface area (Å²) in [7, 11) is 1.89. The van der Waals surface area contributed by atoms with Gasteiger partial charge >= 0.3 is 0 Å². The molecule has 2 aromatic rings. The first-order valence-electron chi connectivity index (χ1n) is 7.36. The number of aryl methyl sites for hydroxylation is 1. The second-order valence-electron chi connectivity index (χ2n) is 5.39. The zero-order valence-corrected chi connectivity index (χ0v) is 14.9. The highest BCUT2D eigenvalue weighted by molar-refractivity contribution is 6.39. The molecule has 0 aliphatic heterocycles. The van der Waals surface area contributed by atoms with Gasteiger partial charge in [-0.1, -0.05) is 29.3 Å². The minimum Gasteiger partial charge on any atom is -0.322 e. The highest BCUT2D eigenvalue weighted by Gasteiger charge is 2.13. The van der Waals surface area contributed by atoms with Gasteiger partial charge in [0.2, 0.25) is 5.91 Å².